The van der Waals surface area contributed by atoms with Crippen LogP contribution in [0.15, 0.2) is 12.4 Å². The van der Waals surface area contributed by atoms with Gasteiger partial charge in [-0.1, -0.05) is 13.8 Å². The lowest BCUT2D eigenvalue weighted by atomic mass is 9.94. The molecule has 6 heteroatoms. The third-order valence-corrected chi connectivity index (χ3v) is 3.77. The highest BCUT2D eigenvalue weighted by Crippen LogP contribution is 2.37. The molecule has 1 aromatic rings. The predicted molar refractivity (Wildman–Crippen MR) is 85.7 cm³/mol. The summed E-state index contributed by atoms with van der Waals surface area (Å²) in [6, 6.07) is -0.255. The number of hydrogen-bond acceptors (Lipinski definition) is 4. The number of aromatic nitrogens is 2. The lowest BCUT2D eigenvalue weighted by Gasteiger charge is -2.18. The molecule has 1 aliphatic rings. The minimum Gasteiger partial charge on any atom is -0.396 e. The molecule has 1 aromatic heterocycles. The second-order valence-corrected chi connectivity index (χ2v) is 6.45. The molecule has 0 spiro atoms. The van der Waals surface area contributed by atoms with E-state index in [4.69, 9.17) is 5.11 Å². The van der Waals surface area contributed by atoms with Gasteiger partial charge in [-0.3, -0.25) is 0 Å². The second-order valence-electron chi connectivity index (χ2n) is 6.45. The minimum absolute atomic E-state index is 0.150. The van der Waals surface area contributed by atoms with Crippen molar-refractivity contribution in [2.45, 2.75) is 45.4 Å². The number of carbonyl (C=O) groups excluding carboxylic acids is 1. The average Bonchev–Trinajstić information content (AvgIpc) is 3.30. The maximum atomic E-state index is 11.9. The third kappa shape index (κ3) is 5.60. The second kappa shape index (κ2) is 8.08. The van der Waals surface area contributed by atoms with E-state index in [0.29, 0.717) is 36.4 Å². The van der Waals surface area contributed by atoms with Crippen LogP contribution in [0, 0.1) is 11.8 Å². The highest BCUT2D eigenvalue weighted by molar-refractivity contribution is 5.88. The number of carbonyl (C=O) groups is 1. The van der Waals surface area contributed by atoms with E-state index < -0.39 is 0 Å². The maximum Gasteiger partial charge on any atom is 0.319 e. The molecule has 0 radical (unpaired) electrons. The van der Waals surface area contributed by atoms with Crippen molar-refractivity contribution in [3.63, 3.8) is 0 Å². The zero-order chi connectivity index (χ0) is 15.9. The van der Waals surface area contributed by atoms with Crippen LogP contribution in [0.2, 0.25) is 0 Å². The predicted octanol–water partition coefficient (Wildman–Crippen LogP) is 2.52. The van der Waals surface area contributed by atoms with Gasteiger partial charge in [0.05, 0.1) is 18.1 Å². The third-order valence-electron chi connectivity index (χ3n) is 3.77. The number of amides is 2. The largest absolute Gasteiger partial charge is 0.396 e. The van der Waals surface area contributed by atoms with E-state index >= 15 is 0 Å². The first kappa shape index (κ1) is 16.7. The smallest absolute Gasteiger partial charge is 0.319 e. The normalized spacial score (nSPS) is 15.6. The van der Waals surface area contributed by atoms with Gasteiger partial charge < -0.3 is 15.7 Å². The molecule has 1 saturated carbocycles. The van der Waals surface area contributed by atoms with E-state index in [0.717, 1.165) is 25.1 Å². The number of nitrogens with zero attached hydrogens (tertiary/aromatic N) is 2. The van der Waals surface area contributed by atoms with Crippen molar-refractivity contribution < 1.29 is 9.90 Å². The van der Waals surface area contributed by atoms with Crippen LogP contribution in [0.4, 0.5) is 10.5 Å². The fraction of sp³-hybridized carbons (Fsp3) is 0.688. The molecule has 0 bridgehead atoms. The standard InChI is InChI=1S/C16H26N4O2/c1-11(2)7-12(5-6-21)8-19-16(22)20-14-9-17-15(18-10-14)13-3-4-13/h9-13,21H,3-8H2,1-2H3,(H2,19,20,22). The summed E-state index contributed by atoms with van der Waals surface area (Å²) >= 11 is 0. The molecule has 1 atom stereocenters. The Morgan fingerprint density at radius 2 is 2.05 bits per heavy atom. The Morgan fingerprint density at radius 1 is 1.36 bits per heavy atom. The van der Waals surface area contributed by atoms with Crippen molar-refractivity contribution in [3.05, 3.63) is 18.2 Å². The minimum atomic E-state index is -0.255. The molecule has 1 fully saturated rings. The van der Waals surface area contributed by atoms with Crippen LogP contribution < -0.4 is 10.6 Å². The molecule has 0 saturated heterocycles. The number of aliphatic hydroxyl groups excluding tert-OH is 1. The summed E-state index contributed by atoms with van der Waals surface area (Å²) in [5, 5.41) is 14.7. The van der Waals surface area contributed by atoms with E-state index in [-0.39, 0.29) is 12.6 Å². The van der Waals surface area contributed by atoms with E-state index in [1.54, 1.807) is 12.4 Å². The molecule has 0 aliphatic heterocycles. The van der Waals surface area contributed by atoms with E-state index in [1.807, 2.05) is 0 Å². The van der Waals surface area contributed by atoms with Gasteiger partial charge in [-0.2, -0.15) is 0 Å². The first-order valence-electron chi connectivity index (χ1n) is 8.06. The van der Waals surface area contributed by atoms with Crippen LogP contribution in [-0.4, -0.2) is 34.3 Å². The zero-order valence-corrected chi connectivity index (χ0v) is 13.4. The quantitative estimate of drug-likeness (QED) is 0.688. The monoisotopic (exact) mass is 306 g/mol. The lowest BCUT2D eigenvalue weighted by molar-refractivity contribution is 0.231. The van der Waals surface area contributed by atoms with Gasteiger partial charge >= 0.3 is 6.03 Å². The van der Waals surface area contributed by atoms with Gasteiger partial charge in [0.1, 0.15) is 5.82 Å². The summed E-state index contributed by atoms with van der Waals surface area (Å²) in [5.74, 6) is 2.22. The Bertz CT molecular complexity index is 472. The molecule has 2 amide bonds. The van der Waals surface area contributed by atoms with Crippen LogP contribution in [0.1, 0.15) is 51.3 Å². The fourth-order valence-corrected chi connectivity index (χ4v) is 2.52. The van der Waals surface area contributed by atoms with Gasteiger partial charge in [0.2, 0.25) is 0 Å². The molecule has 122 valence electrons. The molecule has 1 heterocycles. The Balaban J connectivity index is 1.76. The van der Waals surface area contributed by atoms with Crippen molar-refractivity contribution in [1.29, 1.82) is 0 Å². The van der Waals surface area contributed by atoms with E-state index in [1.165, 1.54) is 0 Å². The molecule has 3 N–H and O–H groups in total. The molecular weight excluding hydrogens is 280 g/mol. The zero-order valence-electron chi connectivity index (χ0n) is 13.4. The molecule has 1 unspecified atom stereocenters. The number of nitrogens with one attached hydrogen (secondary N) is 2. The first-order valence-corrected chi connectivity index (χ1v) is 8.06. The van der Waals surface area contributed by atoms with Crippen LogP contribution >= 0.6 is 0 Å². The van der Waals surface area contributed by atoms with Crippen molar-refractivity contribution in [3.8, 4) is 0 Å². The molecule has 0 aromatic carbocycles. The van der Waals surface area contributed by atoms with E-state index in [2.05, 4.69) is 34.4 Å². The molecule has 2 rings (SSSR count). The maximum absolute atomic E-state index is 11.9. The van der Waals surface area contributed by atoms with Crippen molar-refractivity contribution in [2.24, 2.45) is 11.8 Å². The molecular formula is C16H26N4O2. The van der Waals surface area contributed by atoms with E-state index in [9.17, 15) is 4.79 Å². The Labute approximate surface area is 131 Å². The Morgan fingerprint density at radius 3 is 2.59 bits per heavy atom. The van der Waals surface area contributed by atoms with Crippen molar-refractivity contribution >= 4 is 11.7 Å². The summed E-state index contributed by atoms with van der Waals surface area (Å²) in [5.41, 5.74) is 0.601. The lowest BCUT2D eigenvalue weighted by Crippen LogP contribution is -2.34. The van der Waals surface area contributed by atoms with Gasteiger partial charge in [-0.05, 0) is 37.5 Å². The number of rotatable bonds is 8. The highest BCUT2D eigenvalue weighted by atomic mass is 16.3. The number of hydrogen-bond donors (Lipinski definition) is 3. The molecule has 6 nitrogen and oxygen atoms in total. The van der Waals surface area contributed by atoms with Crippen molar-refractivity contribution in [1.82, 2.24) is 15.3 Å². The number of anilines is 1. The fourth-order valence-electron chi connectivity index (χ4n) is 2.52. The SMILES string of the molecule is CC(C)CC(CCO)CNC(=O)Nc1cnc(C2CC2)nc1. The number of urea groups is 1. The number of aliphatic hydroxyl groups is 1. The van der Waals surface area contributed by atoms with Crippen LogP contribution in [0.3, 0.4) is 0 Å². The van der Waals surface area contributed by atoms with Crippen LogP contribution in [0.5, 0.6) is 0 Å². The average molecular weight is 306 g/mol. The van der Waals surface area contributed by atoms with Gasteiger partial charge in [0.25, 0.3) is 0 Å². The summed E-state index contributed by atoms with van der Waals surface area (Å²) in [4.78, 5) is 20.4. The summed E-state index contributed by atoms with van der Waals surface area (Å²) in [7, 11) is 0. The van der Waals surface area contributed by atoms with Crippen LogP contribution in [-0.2, 0) is 0 Å². The van der Waals surface area contributed by atoms with Gasteiger partial charge in [0.15, 0.2) is 0 Å². The summed E-state index contributed by atoms with van der Waals surface area (Å²) < 4.78 is 0. The summed E-state index contributed by atoms with van der Waals surface area (Å²) in [6.07, 6.45) is 7.32. The van der Waals surface area contributed by atoms with Gasteiger partial charge in [0, 0.05) is 19.1 Å². The highest BCUT2D eigenvalue weighted by Gasteiger charge is 2.26. The van der Waals surface area contributed by atoms with Crippen molar-refractivity contribution in [2.75, 3.05) is 18.5 Å². The Hall–Kier alpha value is -1.69. The van der Waals surface area contributed by atoms with Gasteiger partial charge in [-0.25, -0.2) is 14.8 Å². The molecule has 22 heavy (non-hydrogen) atoms. The topological polar surface area (TPSA) is 87.1 Å². The molecule has 1 aliphatic carbocycles. The first-order chi connectivity index (χ1) is 10.6. The van der Waals surface area contributed by atoms with Crippen LogP contribution in [0.25, 0.3) is 0 Å². The Kier molecular flexibility index (Phi) is 6.12. The van der Waals surface area contributed by atoms with Gasteiger partial charge in [-0.15, -0.1) is 0 Å². The summed E-state index contributed by atoms with van der Waals surface area (Å²) in [6.45, 7) is 5.00.